The molecule has 0 bridgehead atoms. The molecule has 1 amide bonds. The average Bonchev–Trinajstić information content (AvgIpc) is 3.57. The molecule has 0 heterocycles. The zero-order valence-electron chi connectivity index (χ0n) is 17.5. The van der Waals surface area contributed by atoms with Gasteiger partial charge < -0.3 is 5.32 Å². The lowest BCUT2D eigenvalue weighted by Crippen LogP contribution is -2.41. The van der Waals surface area contributed by atoms with Crippen molar-refractivity contribution in [2.45, 2.75) is 53.6 Å². The SMILES string of the molecule is N#CCNC(=O)[C@@H]1CC(F)(F)CC[C@H]1c1ccccc1-c1ccc(SC2(C#N)CC2)cc1. The van der Waals surface area contributed by atoms with Crippen LogP contribution in [0.4, 0.5) is 8.78 Å². The Bertz CT molecular complexity index is 1080. The van der Waals surface area contributed by atoms with Gasteiger partial charge in [-0.15, -0.1) is 11.8 Å². The molecule has 7 heteroatoms. The van der Waals surface area contributed by atoms with Crippen molar-refractivity contribution in [2.75, 3.05) is 6.54 Å². The molecule has 2 atom stereocenters. The van der Waals surface area contributed by atoms with Crippen molar-refractivity contribution in [3.63, 3.8) is 0 Å². The highest BCUT2D eigenvalue weighted by atomic mass is 32.2. The zero-order valence-corrected chi connectivity index (χ0v) is 18.3. The van der Waals surface area contributed by atoms with Crippen molar-refractivity contribution in [1.82, 2.24) is 5.32 Å². The topological polar surface area (TPSA) is 76.7 Å². The molecule has 1 N–H and O–H groups in total. The monoisotopic (exact) mass is 451 g/mol. The summed E-state index contributed by atoms with van der Waals surface area (Å²) < 4.78 is 28.1. The number of nitrogens with one attached hydrogen (secondary N) is 1. The van der Waals surface area contributed by atoms with Crippen molar-refractivity contribution < 1.29 is 13.6 Å². The molecule has 2 aliphatic rings. The van der Waals surface area contributed by atoms with E-state index < -0.39 is 24.2 Å². The van der Waals surface area contributed by atoms with Gasteiger partial charge in [0.15, 0.2) is 0 Å². The fraction of sp³-hybridized carbons (Fsp3) is 0.400. The fourth-order valence-corrected chi connectivity index (χ4v) is 5.48. The minimum Gasteiger partial charge on any atom is -0.343 e. The molecule has 4 nitrogen and oxygen atoms in total. The molecule has 0 radical (unpaired) electrons. The minimum atomic E-state index is -2.89. The Kier molecular flexibility index (Phi) is 6.22. The Morgan fingerprint density at radius 1 is 1.09 bits per heavy atom. The summed E-state index contributed by atoms with van der Waals surface area (Å²) in [4.78, 5) is 13.7. The van der Waals surface area contributed by atoms with Crippen molar-refractivity contribution >= 4 is 17.7 Å². The molecule has 2 aromatic carbocycles. The second-order valence-corrected chi connectivity index (χ2v) is 9.96. The van der Waals surface area contributed by atoms with Gasteiger partial charge in [-0.25, -0.2) is 8.78 Å². The number of rotatable bonds is 6. The third kappa shape index (κ3) is 4.79. The van der Waals surface area contributed by atoms with Gasteiger partial charge in [-0.1, -0.05) is 36.4 Å². The third-order valence-corrected chi connectivity index (χ3v) is 7.65. The van der Waals surface area contributed by atoms with E-state index in [2.05, 4.69) is 11.4 Å². The van der Waals surface area contributed by atoms with Crippen molar-refractivity contribution in [3.05, 3.63) is 54.1 Å². The predicted molar refractivity (Wildman–Crippen MR) is 119 cm³/mol. The summed E-state index contributed by atoms with van der Waals surface area (Å²) in [6.45, 7) is -0.196. The first-order chi connectivity index (χ1) is 15.4. The van der Waals surface area contributed by atoms with Gasteiger partial charge in [0.05, 0.1) is 18.1 Å². The summed E-state index contributed by atoms with van der Waals surface area (Å²) >= 11 is 1.58. The van der Waals surface area contributed by atoms with Crippen molar-refractivity contribution in [2.24, 2.45) is 5.92 Å². The summed E-state index contributed by atoms with van der Waals surface area (Å²) in [6, 6.07) is 19.8. The molecule has 0 unspecified atom stereocenters. The lowest BCUT2D eigenvalue weighted by atomic mass is 9.72. The number of hydrogen-bond acceptors (Lipinski definition) is 4. The lowest BCUT2D eigenvalue weighted by Gasteiger charge is -2.36. The van der Waals surface area contributed by atoms with Crippen LogP contribution in [0.15, 0.2) is 53.4 Å². The number of hydrogen-bond donors (Lipinski definition) is 1. The van der Waals surface area contributed by atoms with Crippen LogP contribution < -0.4 is 5.32 Å². The second-order valence-electron chi connectivity index (χ2n) is 8.51. The van der Waals surface area contributed by atoms with Gasteiger partial charge in [-0.3, -0.25) is 4.79 Å². The van der Waals surface area contributed by atoms with E-state index in [-0.39, 0.29) is 30.1 Å². The van der Waals surface area contributed by atoms with Crippen LogP contribution in [0.25, 0.3) is 11.1 Å². The number of nitrogens with zero attached hydrogens (tertiary/aromatic N) is 2. The molecule has 0 aliphatic heterocycles. The van der Waals surface area contributed by atoms with E-state index in [1.165, 1.54) is 0 Å². The zero-order chi connectivity index (χ0) is 22.8. The molecular formula is C25H23F2N3OS. The fourth-order valence-electron chi connectivity index (χ4n) is 4.40. The number of amides is 1. The van der Waals surface area contributed by atoms with Gasteiger partial charge in [-0.2, -0.15) is 10.5 Å². The summed E-state index contributed by atoms with van der Waals surface area (Å²) in [5, 5.41) is 20.6. The summed E-state index contributed by atoms with van der Waals surface area (Å²) in [6.07, 6.45) is 1.23. The van der Waals surface area contributed by atoms with Crippen molar-refractivity contribution in [3.8, 4) is 23.3 Å². The van der Waals surface area contributed by atoms with Crippen LogP contribution in [0.2, 0.25) is 0 Å². The van der Waals surface area contributed by atoms with Crippen LogP contribution in [0.5, 0.6) is 0 Å². The number of carbonyl (C=O) groups is 1. The quantitative estimate of drug-likeness (QED) is 0.575. The third-order valence-electron chi connectivity index (χ3n) is 6.25. The highest BCUT2D eigenvalue weighted by Gasteiger charge is 2.46. The molecule has 0 spiro atoms. The number of nitriles is 2. The Morgan fingerprint density at radius 2 is 1.81 bits per heavy atom. The summed E-state index contributed by atoms with van der Waals surface area (Å²) in [5.74, 6) is -4.64. The maximum Gasteiger partial charge on any atom is 0.249 e. The molecule has 0 aromatic heterocycles. The molecule has 4 rings (SSSR count). The van der Waals surface area contributed by atoms with Crippen LogP contribution in [0, 0.1) is 28.6 Å². The first-order valence-corrected chi connectivity index (χ1v) is 11.5. The molecule has 164 valence electrons. The van der Waals surface area contributed by atoms with Gasteiger partial charge >= 0.3 is 0 Å². The first kappa shape index (κ1) is 22.3. The molecule has 2 aliphatic carbocycles. The summed E-state index contributed by atoms with van der Waals surface area (Å²) in [5.41, 5.74) is 2.73. The van der Waals surface area contributed by atoms with Gasteiger partial charge in [0.1, 0.15) is 11.3 Å². The molecule has 2 aromatic rings. The number of thioether (sulfide) groups is 1. The van der Waals surface area contributed by atoms with Gasteiger partial charge in [0.2, 0.25) is 11.8 Å². The maximum absolute atomic E-state index is 14.2. The highest BCUT2D eigenvalue weighted by molar-refractivity contribution is 8.01. The van der Waals surface area contributed by atoms with E-state index >= 15 is 0 Å². The number of carbonyl (C=O) groups excluding carboxylic acids is 1. The molecule has 0 saturated heterocycles. The predicted octanol–water partition coefficient (Wildman–Crippen LogP) is 5.66. The number of benzene rings is 2. The number of alkyl halides is 2. The van der Waals surface area contributed by atoms with Gasteiger partial charge in [-0.05, 0) is 54.0 Å². The van der Waals surface area contributed by atoms with Crippen LogP contribution in [-0.2, 0) is 4.79 Å². The largest absolute Gasteiger partial charge is 0.343 e. The molecular weight excluding hydrogens is 428 g/mol. The van der Waals surface area contributed by atoms with E-state index in [9.17, 15) is 18.8 Å². The van der Waals surface area contributed by atoms with E-state index in [0.717, 1.165) is 34.4 Å². The Hall–Kier alpha value is -2.90. The van der Waals surface area contributed by atoms with E-state index in [1.54, 1.807) is 11.8 Å². The van der Waals surface area contributed by atoms with E-state index in [4.69, 9.17) is 5.26 Å². The van der Waals surface area contributed by atoms with Gasteiger partial charge in [0.25, 0.3) is 0 Å². The second kappa shape index (κ2) is 8.92. The smallest absolute Gasteiger partial charge is 0.249 e. The van der Waals surface area contributed by atoms with Crippen LogP contribution in [0.1, 0.15) is 43.6 Å². The van der Waals surface area contributed by atoms with E-state index in [1.807, 2.05) is 54.6 Å². The highest BCUT2D eigenvalue weighted by Crippen LogP contribution is 2.51. The normalized spacial score (nSPS) is 22.9. The molecule has 32 heavy (non-hydrogen) atoms. The Labute approximate surface area is 190 Å². The first-order valence-electron chi connectivity index (χ1n) is 10.7. The number of halogens is 2. The Morgan fingerprint density at radius 3 is 2.47 bits per heavy atom. The standard InChI is InChI=1S/C25H23F2N3OS/c26-25(27)10-9-21(22(15-25)23(31)30-14-13-28)20-4-2-1-3-19(20)17-5-7-18(8-6-17)32-24(16-29)11-12-24/h1-8,21-22H,9-12,14-15H2,(H,30,31)/t21-,22+/m0/s1. The van der Waals surface area contributed by atoms with Crippen LogP contribution in [0.3, 0.4) is 0 Å². The average molecular weight is 452 g/mol. The molecule has 2 fully saturated rings. The lowest BCUT2D eigenvalue weighted by molar-refractivity contribution is -0.133. The van der Waals surface area contributed by atoms with Crippen LogP contribution in [-0.4, -0.2) is 23.1 Å². The van der Waals surface area contributed by atoms with E-state index in [0.29, 0.717) is 0 Å². The Balaban J connectivity index is 1.62. The van der Waals surface area contributed by atoms with Crippen molar-refractivity contribution in [1.29, 1.82) is 10.5 Å². The summed E-state index contributed by atoms with van der Waals surface area (Å²) in [7, 11) is 0. The van der Waals surface area contributed by atoms with Gasteiger partial charge in [0, 0.05) is 17.7 Å². The maximum atomic E-state index is 14.2. The molecule has 2 saturated carbocycles. The minimum absolute atomic E-state index is 0.196. The van der Waals surface area contributed by atoms with Crippen LogP contribution >= 0.6 is 11.8 Å².